The summed E-state index contributed by atoms with van der Waals surface area (Å²) in [5.41, 5.74) is 0.257. The molecule has 0 fully saturated rings. The van der Waals surface area contributed by atoms with E-state index in [9.17, 15) is 4.79 Å². The summed E-state index contributed by atoms with van der Waals surface area (Å²) in [7, 11) is 1.54. The van der Waals surface area contributed by atoms with Crippen LogP contribution in [0.1, 0.15) is 10.4 Å². The van der Waals surface area contributed by atoms with Crippen LogP contribution in [0.2, 0.25) is 0 Å². The number of ether oxygens (including phenoxy) is 1. The highest BCUT2D eigenvalue weighted by molar-refractivity contribution is 7.17. The SMILES string of the molecule is COc1cc(C(=O)O)cc2ccsc12. The highest BCUT2D eigenvalue weighted by atomic mass is 32.1. The van der Waals surface area contributed by atoms with Crippen molar-refractivity contribution in [3.8, 4) is 5.75 Å². The minimum Gasteiger partial charge on any atom is -0.495 e. The predicted molar refractivity (Wildman–Crippen MR) is 55.3 cm³/mol. The average Bonchev–Trinajstić information content (AvgIpc) is 2.63. The zero-order valence-electron chi connectivity index (χ0n) is 7.48. The Morgan fingerprint density at radius 3 is 2.93 bits per heavy atom. The van der Waals surface area contributed by atoms with Crippen LogP contribution in [0.15, 0.2) is 23.6 Å². The van der Waals surface area contributed by atoms with E-state index < -0.39 is 5.97 Å². The molecule has 0 aliphatic heterocycles. The van der Waals surface area contributed by atoms with Crippen LogP contribution in [0.3, 0.4) is 0 Å². The van der Waals surface area contributed by atoms with Gasteiger partial charge in [0.05, 0.1) is 17.4 Å². The number of carbonyl (C=O) groups is 1. The second kappa shape index (κ2) is 3.31. The molecule has 0 atom stereocenters. The Hall–Kier alpha value is -1.55. The number of rotatable bonds is 2. The van der Waals surface area contributed by atoms with Gasteiger partial charge in [-0.2, -0.15) is 0 Å². The first kappa shape index (κ1) is 9.02. The smallest absolute Gasteiger partial charge is 0.335 e. The number of fused-ring (bicyclic) bond motifs is 1. The van der Waals surface area contributed by atoms with E-state index in [0.29, 0.717) is 5.75 Å². The first-order chi connectivity index (χ1) is 6.72. The third kappa shape index (κ3) is 1.33. The number of benzene rings is 1. The van der Waals surface area contributed by atoms with E-state index >= 15 is 0 Å². The first-order valence-corrected chi connectivity index (χ1v) is 4.89. The molecule has 0 unspecified atom stereocenters. The molecular weight excluding hydrogens is 200 g/mol. The number of aromatic carboxylic acids is 1. The number of thiophene rings is 1. The maximum Gasteiger partial charge on any atom is 0.335 e. The van der Waals surface area contributed by atoms with Crippen LogP contribution in [0, 0.1) is 0 Å². The first-order valence-electron chi connectivity index (χ1n) is 4.01. The van der Waals surface area contributed by atoms with E-state index in [-0.39, 0.29) is 5.56 Å². The molecule has 3 nitrogen and oxygen atoms in total. The number of hydrogen-bond acceptors (Lipinski definition) is 3. The Labute approximate surface area is 84.6 Å². The Morgan fingerprint density at radius 1 is 1.50 bits per heavy atom. The van der Waals surface area contributed by atoms with Crippen LogP contribution in [0.25, 0.3) is 10.1 Å². The van der Waals surface area contributed by atoms with Gasteiger partial charge in [0.1, 0.15) is 5.75 Å². The van der Waals surface area contributed by atoms with Crippen molar-refractivity contribution in [2.45, 2.75) is 0 Å². The van der Waals surface area contributed by atoms with Crippen molar-refractivity contribution in [1.29, 1.82) is 0 Å². The molecule has 0 amide bonds. The largest absolute Gasteiger partial charge is 0.495 e. The molecule has 1 heterocycles. The van der Waals surface area contributed by atoms with Crippen LogP contribution in [0.4, 0.5) is 0 Å². The molecule has 0 bridgehead atoms. The van der Waals surface area contributed by atoms with Crippen LogP contribution in [-0.4, -0.2) is 18.2 Å². The van der Waals surface area contributed by atoms with Gasteiger partial charge in [0, 0.05) is 0 Å². The summed E-state index contributed by atoms with van der Waals surface area (Å²) in [5.74, 6) is -0.314. The molecule has 0 aliphatic carbocycles. The molecule has 1 N–H and O–H groups in total. The third-order valence-corrected chi connectivity index (χ3v) is 2.93. The van der Waals surface area contributed by atoms with E-state index in [0.717, 1.165) is 10.1 Å². The quantitative estimate of drug-likeness (QED) is 0.825. The zero-order valence-corrected chi connectivity index (χ0v) is 8.30. The third-order valence-electron chi connectivity index (χ3n) is 1.98. The van der Waals surface area contributed by atoms with Crippen molar-refractivity contribution in [2.24, 2.45) is 0 Å². The lowest BCUT2D eigenvalue weighted by Crippen LogP contribution is -1.96. The second-order valence-corrected chi connectivity index (χ2v) is 3.74. The van der Waals surface area contributed by atoms with E-state index in [4.69, 9.17) is 9.84 Å². The standard InChI is InChI=1S/C10H8O3S/c1-13-8-5-7(10(11)12)4-6-2-3-14-9(6)8/h2-5H,1H3,(H,11,12). The van der Waals surface area contributed by atoms with Gasteiger partial charge >= 0.3 is 5.97 Å². The Morgan fingerprint density at radius 2 is 2.29 bits per heavy atom. The average molecular weight is 208 g/mol. The molecule has 0 saturated carbocycles. The van der Waals surface area contributed by atoms with Gasteiger partial charge in [-0.15, -0.1) is 11.3 Å². The molecule has 72 valence electrons. The van der Waals surface area contributed by atoms with Crippen LogP contribution < -0.4 is 4.74 Å². The van der Waals surface area contributed by atoms with Crippen molar-refractivity contribution < 1.29 is 14.6 Å². The molecule has 14 heavy (non-hydrogen) atoms. The van der Waals surface area contributed by atoms with Crippen LogP contribution in [-0.2, 0) is 0 Å². The van der Waals surface area contributed by atoms with Gasteiger partial charge in [-0.1, -0.05) is 0 Å². The van der Waals surface area contributed by atoms with Gasteiger partial charge in [-0.3, -0.25) is 0 Å². The summed E-state index contributed by atoms with van der Waals surface area (Å²) in [5, 5.41) is 11.7. The topological polar surface area (TPSA) is 46.5 Å². The van der Waals surface area contributed by atoms with Crippen molar-refractivity contribution in [1.82, 2.24) is 0 Å². The van der Waals surface area contributed by atoms with Gasteiger partial charge < -0.3 is 9.84 Å². The van der Waals surface area contributed by atoms with Crippen molar-refractivity contribution in [3.63, 3.8) is 0 Å². The van der Waals surface area contributed by atoms with Crippen LogP contribution in [0.5, 0.6) is 5.75 Å². The highest BCUT2D eigenvalue weighted by Gasteiger charge is 2.09. The molecule has 1 aromatic carbocycles. The van der Waals surface area contributed by atoms with Gasteiger partial charge in [-0.25, -0.2) is 4.79 Å². The molecule has 0 spiro atoms. The van der Waals surface area contributed by atoms with Gasteiger partial charge in [0.25, 0.3) is 0 Å². The lowest BCUT2D eigenvalue weighted by atomic mass is 10.1. The lowest BCUT2D eigenvalue weighted by Gasteiger charge is -2.02. The molecule has 2 rings (SSSR count). The molecule has 0 radical (unpaired) electrons. The minimum atomic E-state index is -0.934. The zero-order chi connectivity index (χ0) is 10.1. The predicted octanol–water partition coefficient (Wildman–Crippen LogP) is 2.61. The molecule has 0 aliphatic rings. The fourth-order valence-electron chi connectivity index (χ4n) is 1.32. The van der Waals surface area contributed by atoms with Crippen molar-refractivity contribution in [2.75, 3.05) is 7.11 Å². The fraction of sp³-hybridized carbons (Fsp3) is 0.100. The minimum absolute atomic E-state index is 0.257. The monoisotopic (exact) mass is 208 g/mol. The maximum absolute atomic E-state index is 10.8. The number of carboxylic acids is 1. The summed E-state index contributed by atoms with van der Waals surface area (Å²) >= 11 is 1.54. The Balaban J connectivity index is 2.73. The van der Waals surface area contributed by atoms with Crippen molar-refractivity contribution in [3.05, 3.63) is 29.1 Å². The lowest BCUT2D eigenvalue weighted by molar-refractivity contribution is 0.0696. The number of hydrogen-bond donors (Lipinski definition) is 1. The Kier molecular flexibility index (Phi) is 2.13. The fourth-order valence-corrected chi connectivity index (χ4v) is 2.20. The summed E-state index contributed by atoms with van der Waals surface area (Å²) in [6.07, 6.45) is 0. The maximum atomic E-state index is 10.8. The number of carboxylic acid groups (broad SMARTS) is 1. The summed E-state index contributed by atoms with van der Waals surface area (Å²) in [6.45, 7) is 0. The Bertz CT molecular complexity index is 487. The second-order valence-electron chi connectivity index (χ2n) is 2.82. The van der Waals surface area contributed by atoms with Gasteiger partial charge in [-0.05, 0) is 29.0 Å². The van der Waals surface area contributed by atoms with E-state index in [2.05, 4.69) is 0 Å². The normalized spacial score (nSPS) is 10.4. The molecule has 0 saturated heterocycles. The summed E-state index contributed by atoms with van der Waals surface area (Å²) in [6, 6.07) is 5.08. The highest BCUT2D eigenvalue weighted by Crippen LogP contribution is 2.31. The molecule has 4 heteroatoms. The number of methoxy groups -OCH3 is 1. The summed E-state index contributed by atoms with van der Waals surface area (Å²) in [4.78, 5) is 10.8. The molecule has 1 aromatic heterocycles. The molecular formula is C10H8O3S. The van der Waals surface area contributed by atoms with E-state index in [1.807, 2.05) is 11.4 Å². The van der Waals surface area contributed by atoms with Gasteiger partial charge in [0.2, 0.25) is 0 Å². The van der Waals surface area contributed by atoms with Gasteiger partial charge in [0.15, 0.2) is 0 Å². The van der Waals surface area contributed by atoms with Crippen molar-refractivity contribution >= 4 is 27.4 Å². The summed E-state index contributed by atoms with van der Waals surface area (Å²) < 4.78 is 6.11. The van der Waals surface area contributed by atoms with E-state index in [1.54, 1.807) is 30.6 Å². The molecule has 2 aromatic rings. The van der Waals surface area contributed by atoms with E-state index in [1.165, 1.54) is 0 Å². The van der Waals surface area contributed by atoms with Crippen LogP contribution >= 0.6 is 11.3 Å².